The van der Waals surface area contributed by atoms with Crippen molar-refractivity contribution in [2.24, 2.45) is 5.73 Å². The van der Waals surface area contributed by atoms with Gasteiger partial charge in [0.2, 0.25) is 0 Å². The molecule has 0 unspecified atom stereocenters. The van der Waals surface area contributed by atoms with Crippen molar-refractivity contribution >= 4 is 24.1 Å². The molecule has 2 aromatic carbocycles. The van der Waals surface area contributed by atoms with Gasteiger partial charge in [-0.25, -0.2) is 0 Å². The number of benzene rings is 2. The van der Waals surface area contributed by atoms with Crippen LogP contribution in [-0.2, 0) is 0 Å². The van der Waals surface area contributed by atoms with Crippen LogP contribution in [0.4, 0.5) is 0 Å². The highest BCUT2D eigenvalue weighted by Gasteiger charge is 2.15. The van der Waals surface area contributed by atoms with Crippen LogP contribution in [-0.4, -0.2) is 50.1 Å². The van der Waals surface area contributed by atoms with Gasteiger partial charge in [-0.15, -0.1) is 12.4 Å². The molecule has 176 valence electrons. The third kappa shape index (κ3) is 7.96. The fourth-order valence-electron chi connectivity index (χ4n) is 3.10. The maximum absolute atomic E-state index is 12.5. The van der Waals surface area contributed by atoms with Crippen LogP contribution >= 0.6 is 12.4 Å². The van der Waals surface area contributed by atoms with E-state index in [2.05, 4.69) is 0 Å². The summed E-state index contributed by atoms with van der Waals surface area (Å²) in [4.78, 5) is 14.3. The zero-order valence-corrected chi connectivity index (χ0v) is 19.9. The smallest absolute Gasteiger partial charge is 0.253 e. The Hall–Kier alpha value is -2.93. The molecule has 0 spiro atoms. The molecule has 3 N–H and O–H groups in total. The molecule has 2 aromatic rings. The van der Waals surface area contributed by atoms with Crippen molar-refractivity contribution in [3.8, 4) is 17.2 Å². The molecule has 8 heteroatoms. The predicted molar refractivity (Wildman–Crippen MR) is 130 cm³/mol. The highest BCUT2D eigenvalue weighted by Crippen LogP contribution is 2.29. The first-order valence-electron chi connectivity index (χ1n) is 10.7. The van der Waals surface area contributed by atoms with E-state index in [0.717, 1.165) is 25.0 Å². The summed E-state index contributed by atoms with van der Waals surface area (Å²) in [6, 6.07) is 12.5. The van der Waals surface area contributed by atoms with Crippen LogP contribution in [0.1, 0.15) is 49.0 Å². The average molecular weight is 464 g/mol. The first-order valence-corrected chi connectivity index (χ1v) is 10.7. The number of amides is 1. The lowest BCUT2D eigenvalue weighted by atomic mass is 10.1. The summed E-state index contributed by atoms with van der Waals surface area (Å²) in [6.45, 7) is 6.45. The molecule has 7 nitrogen and oxygen atoms in total. The zero-order valence-electron chi connectivity index (χ0n) is 19.1. The molecule has 0 aliphatic carbocycles. The summed E-state index contributed by atoms with van der Waals surface area (Å²) < 4.78 is 17.0. The van der Waals surface area contributed by atoms with Gasteiger partial charge in [0.25, 0.3) is 5.91 Å². The molecule has 0 atom stereocenters. The van der Waals surface area contributed by atoms with Gasteiger partial charge in [0.05, 0.1) is 20.3 Å². The van der Waals surface area contributed by atoms with Gasteiger partial charge in [0.15, 0.2) is 11.5 Å². The number of methoxy groups -OCH3 is 1. The third-order valence-electron chi connectivity index (χ3n) is 4.94. The topological polar surface area (TPSA) is 97.9 Å². The Bertz CT molecular complexity index is 855. The van der Waals surface area contributed by atoms with E-state index in [0.29, 0.717) is 48.9 Å². The number of halogens is 1. The van der Waals surface area contributed by atoms with Gasteiger partial charge in [0.1, 0.15) is 11.6 Å². The van der Waals surface area contributed by atoms with Crippen LogP contribution in [0, 0.1) is 5.41 Å². The SMILES string of the molecule is CCN(CC)C(=O)c1ccc(OCCCCCOc2ccc(C(=N)N)cc2)c(OC)c1.Cl. The molecule has 0 aromatic heterocycles. The molecule has 2 rings (SSSR count). The number of unbranched alkanes of at least 4 members (excludes halogenated alkanes) is 2. The molecular weight excluding hydrogens is 430 g/mol. The van der Waals surface area contributed by atoms with E-state index in [1.54, 1.807) is 42.3 Å². The monoisotopic (exact) mass is 463 g/mol. The summed E-state index contributed by atoms with van der Waals surface area (Å²) in [6.07, 6.45) is 2.76. The van der Waals surface area contributed by atoms with Crippen LogP contribution in [0.3, 0.4) is 0 Å². The molecule has 1 amide bonds. The molecule has 32 heavy (non-hydrogen) atoms. The maximum atomic E-state index is 12.5. The van der Waals surface area contributed by atoms with Gasteiger partial charge in [-0.05, 0) is 75.6 Å². The fourth-order valence-corrected chi connectivity index (χ4v) is 3.10. The summed E-state index contributed by atoms with van der Waals surface area (Å²) in [7, 11) is 1.58. The minimum Gasteiger partial charge on any atom is -0.494 e. The normalized spacial score (nSPS) is 10.1. The van der Waals surface area contributed by atoms with Crippen molar-refractivity contribution < 1.29 is 19.0 Å². The Labute approximate surface area is 196 Å². The van der Waals surface area contributed by atoms with Gasteiger partial charge in [-0.3, -0.25) is 10.2 Å². The predicted octanol–water partition coefficient (Wildman–Crippen LogP) is 4.51. The number of nitrogens with two attached hydrogens (primary N) is 1. The Balaban J connectivity index is 0.00000512. The highest BCUT2D eigenvalue weighted by atomic mass is 35.5. The van der Waals surface area contributed by atoms with E-state index in [9.17, 15) is 4.79 Å². The number of nitrogens with one attached hydrogen (secondary N) is 1. The molecular formula is C24H34ClN3O4. The van der Waals surface area contributed by atoms with Gasteiger partial charge >= 0.3 is 0 Å². The van der Waals surface area contributed by atoms with Crippen molar-refractivity contribution in [1.82, 2.24) is 4.90 Å². The third-order valence-corrected chi connectivity index (χ3v) is 4.94. The van der Waals surface area contributed by atoms with E-state index in [1.165, 1.54) is 0 Å². The molecule has 0 saturated heterocycles. The molecule has 0 aliphatic rings. The number of carbonyl (C=O) groups is 1. The second-order valence-corrected chi connectivity index (χ2v) is 7.04. The summed E-state index contributed by atoms with van der Waals surface area (Å²) in [5, 5.41) is 7.39. The number of carbonyl (C=O) groups excluding carboxylic acids is 1. The molecule has 0 saturated carbocycles. The van der Waals surface area contributed by atoms with Crippen molar-refractivity contribution in [2.45, 2.75) is 33.1 Å². The average Bonchev–Trinajstić information content (AvgIpc) is 2.79. The van der Waals surface area contributed by atoms with Gasteiger partial charge in [-0.2, -0.15) is 0 Å². The van der Waals surface area contributed by atoms with Crippen LogP contribution in [0.2, 0.25) is 0 Å². The molecule has 0 bridgehead atoms. The maximum Gasteiger partial charge on any atom is 0.253 e. The molecule has 0 heterocycles. The fraction of sp³-hybridized carbons (Fsp3) is 0.417. The zero-order chi connectivity index (χ0) is 22.6. The standard InChI is InChI=1S/C24H33N3O4.ClH/c1-4-27(5-2)24(28)19-11-14-21(22(17-19)29-3)31-16-8-6-7-15-30-20-12-9-18(10-13-20)23(25)26;/h9-14,17H,4-8,15-16H2,1-3H3,(H3,25,26);1H. The Kier molecular flexibility index (Phi) is 12.0. The lowest BCUT2D eigenvalue weighted by Crippen LogP contribution is -2.30. The Morgan fingerprint density at radius 3 is 2.06 bits per heavy atom. The van der Waals surface area contributed by atoms with E-state index in [4.69, 9.17) is 25.4 Å². The van der Waals surface area contributed by atoms with E-state index in [1.807, 2.05) is 26.0 Å². The number of amidine groups is 1. The number of nitrogens with zero attached hydrogens (tertiary/aromatic N) is 1. The number of rotatable bonds is 13. The Morgan fingerprint density at radius 1 is 0.906 bits per heavy atom. The molecule has 0 fully saturated rings. The van der Waals surface area contributed by atoms with Crippen molar-refractivity contribution in [3.63, 3.8) is 0 Å². The van der Waals surface area contributed by atoms with E-state index >= 15 is 0 Å². The van der Waals surface area contributed by atoms with Crippen molar-refractivity contribution in [2.75, 3.05) is 33.4 Å². The van der Waals surface area contributed by atoms with Crippen LogP contribution < -0.4 is 19.9 Å². The number of hydrogen-bond acceptors (Lipinski definition) is 5. The number of hydrogen-bond donors (Lipinski definition) is 2. The van der Waals surface area contributed by atoms with Crippen molar-refractivity contribution in [1.29, 1.82) is 5.41 Å². The summed E-state index contributed by atoms with van der Waals surface area (Å²) >= 11 is 0. The van der Waals surface area contributed by atoms with E-state index in [-0.39, 0.29) is 24.1 Å². The quantitative estimate of drug-likeness (QED) is 0.258. The first kappa shape index (κ1) is 27.1. The van der Waals surface area contributed by atoms with Crippen LogP contribution in [0.5, 0.6) is 17.2 Å². The Morgan fingerprint density at radius 2 is 1.50 bits per heavy atom. The highest BCUT2D eigenvalue weighted by molar-refractivity contribution is 5.95. The lowest BCUT2D eigenvalue weighted by molar-refractivity contribution is 0.0772. The second kappa shape index (κ2) is 14.2. The minimum atomic E-state index is -0.00853. The van der Waals surface area contributed by atoms with Crippen LogP contribution in [0.25, 0.3) is 0 Å². The summed E-state index contributed by atoms with van der Waals surface area (Å²) in [5.74, 6) is 2.01. The summed E-state index contributed by atoms with van der Waals surface area (Å²) in [5.41, 5.74) is 6.73. The number of ether oxygens (including phenoxy) is 3. The lowest BCUT2D eigenvalue weighted by Gasteiger charge is -2.19. The van der Waals surface area contributed by atoms with Gasteiger partial charge in [-0.1, -0.05) is 0 Å². The van der Waals surface area contributed by atoms with Gasteiger partial charge < -0.3 is 24.8 Å². The minimum absolute atomic E-state index is 0. The first-order chi connectivity index (χ1) is 15.0. The largest absolute Gasteiger partial charge is 0.494 e. The van der Waals surface area contributed by atoms with Crippen LogP contribution in [0.15, 0.2) is 42.5 Å². The van der Waals surface area contributed by atoms with E-state index < -0.39 is 0 Å². The molecule has 0 radical (unpaired) electrons. The second-order valence-electron chi connectivity index (χ2n) is 7.04. The molecule has 0 aliphatic heterocycles. The van der Waals surface area contributed by atoms with Gasteiger partial charge in [0, 0.05) is 24.2 Å². The van der Waals surface area contributed by atoms with Crippen molar-refractivity contribution in [3.05, 3.63) is 53.6 Å². The number of nitrogen functional groups attached to an aromatic ring is 1.